The van der Waals surface area contributed by atoms with Gasteiger partial charge < -0.3 is 10.1 Å². The summed E-state index contributed by atoms with van der Waals surface area (Å²) in [5, 5.41) is 3.37. The summed E-state index contributed by atoms with van der Waals surface area (Å²) >= 11 is 0. The Morgan fingerprint density at radius 3 is 3.05 bits per heavy atom. The highest BCUT2D eigenvalue weighted by molar-refractivity contribution is 5.89. The number of ether oxygens (including phenoxy) is 1. The van der Waals surface area contributed by atoms with Crippen LogP contribution in [0.4, 0.5) is 5.82 Å². The van der Waals surface area contributed by atoms with E-state index in [1.807, 2.05) is 0 Å². The Balaban J connectivity index is 1.59. The number of esters is 1. The van der Waals surface area contributed by atoms with Gasteiger partial charge in [-0.3, -0.25) is 0 Å². The first kappa shape index (κ1) is 12.5. The van der Waals surface area contributed by atoms with Gasteiger partial charge in [0.2, 0.25) is 0 Å². The van der Waals surface area contributed by atoms with Gasteiger partial charge in [0.05, 0.1) is 12.7 Å². The lowest BCUT2D eigenvalue weighted by atomic mass is 9.89. The molecule has 1 N–H and O–H groups in total. The van der Waals surface area contributed by atoms with Gasteiger partial charge in [0.15, 0.2) is 0 Å². The lowest BCUT2D eigenvalue weighted by Gasteiger charge is -2.22. The van der Waals surface area contributed by atoms with Gasteiger partial charge in [-0.15, -0.1) is 0 Å². The first-order chi connectivity index (χ1) is 9.26. The predicted molar refractivity (Wildman–Crippen MR) is 73.0 cm³/mol. The third kappa shape index (κ3) is 2.57. The molecule has 1 aromatic heterocycles. The van der Waals surface area contributed by atoms with Crippen molar-refractivity contribution in [3.63, 3.8) is 0 Å². The van der Waals surface area contributed by atoms with E-state index in [2.05, 4.69) is 10.3 Å². The van der Waals surface area contributed by atoms with E-state index in [9.17, 15) is 4.79 Å². The molecule has 2 bridgehead atoms. The van der Waals surface area contributed by atoms with Gasteiger partial charge in [0.25, 0.3) is 0 Å². The molecule has 3 atom stereocenters. The molecule has 102 valence electrons. The van der Waals surface area contributed by atoms with Crippen molar-refractivity contribution < 1.29 is 9.53 Å². The minimum atomic E-state index is -0.314. The van der Waals surface area contributed by atoms with Crippen LogP contribution in [0.3, 0.4) is 0 Å². The average molecular weight is 260 g/mol. The molecular formula is C15H20N2O2. The summed E-state index contributed by atoms with van der Waals surface area (Å²) in [7, 11) is 1.39. The number of fused-ring (bicyclic) bond motifs is 2. The number of hydrogen-bond donors (Lipinski definition) is 1. The lowest BCUT2D eigenvalue weighted by Crippen LogP contribution is -2.20. The van der Waals surface area contributed by atoms with Crippen molar-refractivity contribution in [2.24, 2.45) is 17.8 Å². The van der Waals surface area contributed by atoms with Crippen LogP contribution in [0, 0.1) is 17.8 Å². The fourth-order valence-corrected chi connectivity index (χ4v) is 3.63. The second kappa shape index (κ2) is 5.19. The van der Waals surface area contributed by atoms with E-state index in [-0.39, 0.29) is 5.97 Å². The van der Waals surface area contributed by atoms with E-state index in [4.69, 9.17) is 4.74 Å². The number of hydrogen-bond acceptors (Lipinski definition) is 4. The highest BCUT2D eigenvalue weighted by atomic mass is 16.5. The van der Waals surface area contributed by atoms with Gasteiger partial charge >= 0.3 is 5.97 Å². The Morgan fingerprint density at radius 1 is 1.47 bits per heavy atom. The van der Waals surface area contributed by atoms with Crippen LogP contribution in [0.15, 0.2) is 18.3 Å². The molecule has 4 heteroatoms. The maximum atomic E-state index is 11.5. The first-order valence-electron chi connectivity index (χ1n) is 7.04. The zero-order valence-corrected chi connectivity index (χ0v) is 11.3. The smallest absolute Gasteiger partial charge is 0.338 e. The topological polar surface area (TPSA) is 51.2 Å². The van der Waals surface area contributed by atoms with Crippen molar-refractivity contribution in [1.82, 2.24) is 4.98 Å². The highest BCUT2D eigenvalue weighted by Gasteiger charge is 2.39. The molecule has 0 amide bonds. The minimum Gasteiger partial charge on any atom is -0.465 e. The van der Waals surface area contributed by atoms with E-state index in [1.165, 1.54) is 32.8 Å². The van der Waals surface area contributed by atoms with Crippen LogP contribution in [0.5, 0.6) is 0 Å². The Bertz CT molecular complexity index is 475. The van der Waals surface area contributed by atoms with E-state index < -0.39 is 0 Å². The van der Waals surface area contributed by atoms with Gasteiger partial charge in [-0.05, 0) is 49.1 Å². The molecule has 2 fully saturated rings. The molecule has 4 nitrogen and oxygen atoms in total. The van der Waals surface area contributed by atoms with Gasteiger partial charge in [0, 0.05) is 12.7 Å². The number of nitrogens with one attached hydrogen (secondary N) is 1. The largest absolute Gasteiger partial charge is 0.465 e. The van der Waals surface area contributed by atoms with Gasteiger partial charge in [-0.25, -0.2) is 9.78 Å². The standard InChI is InChI=1S/C15H20N2O2/c1-19-15(18)12-4-5-16-14(8-12)17-9-13-7-10-2-3-11(13)6-10/h4-5,8,10-11,13H,2-3,6-7,9H2,1H3,(H,16,17). The minimum absolute atomic E-state index is 0.314. The monoisotopic (exact) mass is 260 g/mol. The molecule has 0 aromatic carbocycles. The first-order valence-corrected chi connectivity index (χ1v) is 7.04. The predicted octanol–water partition coefficient (Wildman–Crippen LogP) is 2.72. The third-order valence-corrected chi connectivity index (χ3v) is 4.61. The van der Waals surface area contributed by atoms with E-state index in [0.717, 1.165) is 30.1 Å². The molecule has 0 spiro atoms. The summed E-state index contributed by atoms with van der Waals surface area (Å²) in [6.07, 6.45) is 7.25. The van der Waals surface area contributed by atoms with Crippen molar-refractivity contribution in [3.8, 4) is 0 Å². The van der Waals surface area contributed by atoms with Crippen molar-refractivity contribution in [3.05, 3.63) is 23.9 Å². The molecule has 0 saturated heterocycles. The molecule has 2 aliphatic rings. The number of carbonyl (C=O) groups excluding carboxylic acids is 1. The van der Waals surface area contributed by atoms with Crippen molar-refractivity contribution in [2.75, 3.05) is 19.0 Å². The van der Waals surface area contributed by atoms with Crippen molar-refractivity contribution >= 4 is 11.8 Å². The number of anilines is 1. The summed E-state index contributed by atoms with van der Waals surface area (Å²) in [5.41, 5.74) is 0.549. The van der Waals surface area contributed by atoms with Crippen LogP contribution in [-0.4, -0.2) is 24.6 Å². The summed E-state index contributed by atoms with van der Waals surface area (Å²) in [6, 6.07) is 3.44. The van der Waals surface area contributed by atoms with Crippen LogP contribution < -0.4 is 5.32 Å². The van der Waals surface area contributed by atoms with Crippen LogP contribution in [-0.2, 0) is 4.74 Å². The van der Waals surface area contributed by atoms with Crippen LogP contribution in [0.25, 0.3) is 0 Å². The fraction of sp³-hybridized carbons (Fsp3) is 0.600. The number of nitrogens with zero attached hydrogens (tertiary/aromatic N) is 1. The number of methoxy groups -OCH3 is 1. The Hall–Kier alpha value is -1.58. The van der Waals surface area contributed by atoms with E-state index in [1.54, 1.807) is 18.3 Å². The second-order valence-corrected chi connectivity index (χ2v) is 5.74. The second-order valence-electron chi connectivity index (χ2n) is 5.74. The molecule has 0 aliphatic heterocycles. The normalized spacial score (nSPS) is 28.4. The third-order valence-electron chi connectivity index (χ3n) is 4.61. The maximum absolute atomic E-state index is 11.5. The highest BCUT2D eigenvalue weighted by Crippen LogP contribution is 2.48. The SMILES string of the molecule is COC(=O)c1ccnc(NCC2CC3CCC2C3)c1. The number of aromatic nitrogens is 1. The summed E-state index contributed by atoms with van der Waals surface area (Å²) in [6.45, 7) is 0.971. The average Bonchev–Trinajstić information content (AvgIpc) is 3.07. The number of pyridine rings is 1. The zero-order chi connectivity index (χ0) is 13.2. The van der Waals surface area contributed by atoms with Crippen LogP contribution >= 0.6 is 0 Å². The Labute approximate surface area is 113 Å². The quantitative estimate of drug-likeness (QED) is 0.846. The molecule has 2 saturated carbocycles. The maximum Gasteiger partial charge on any atom is 0.338 e. The molecule has 0 radical (unpaired) electrons. The summed E-state index contributed by atoms with van der Waals surface area (Å²) in [4.78, 5) is 15.7. The Morgan fingerprint density at radius 2 is 2.37 bits per heavy atom. The molecular weight excluding hydrogens is 240 g/mol. The number of rotatable bonds is 4. The number of carbonyl (C=O) groups is 1. The van der Waals surface area contributed by atoms with E-state index >= 15 is 0 Å². The van der Waals surface area contributed by atoms with Gasteiger partial charge in [0.1, 0.15) is 5.82 Å². The van der Waals surface area contributed by atoms with E-state index in [0.29, 0.717) is 5.56 Å². The van der Waals surface area contributed by atoms with Gasteiger partial charge in [-0.1, -0.05) is 6.42 Å². The molecule has 1 aromatic rings. The molecule has 3 rings (SSSR count). The van der Waals surface area contributed by atoms with Crippen molar-refractivity contribution in [2.45, 2.75) is 25.7 Å². The fourth-order valence-electron chi connectivity index (χ4n) is 3.63. The molecule has 3 unspecified atom stereocenters. The molecule has 1 heterocycles. The van der Waals surface area contributed by atoms with Crippen LogP contribution in [0.2, 0.25) is 0 Å². The van der Waals surface area contributed by atoms with Crippen LogP contribution in [0.1, 0.15) is 36.0 Å². The van der Waals surface area contributed by atoms with Crippen molar-refractivity contribution in [1.29, 1.82) is 0 Å². The lowest BCUT2D eigenvalue weighted by molar-refractivity contribution is 0.0600. The van der Waals surface area contributed by atoms with Gasteiger partial charge in [-0.2, -0.15) is 0 Å². The Kier molecular flexibility index (Phi) is 3.40. The summed E-state index contributed by atoms with van der Waals surface area (Å²) in [5.74, 6) is 3.10. The molecule has 2 aliphatic carbocycles. The molecule has 19 heavy (non-hydrogen) atoms. The summed E-state index contributed by atoms with van der Waals surface area (Å²) < 4.78 is 4.71. The zero-order valence-electron chi connectivity index (χ0n) is 11.3.